The Morgan fingerprint density at radius 2 is 1.89 bits per heavy atom. The van der Waals surface area contributed by atoms with Gasteiger partial charge in [-0.3, -0.25) is 0 Å². The van der Waals surface area contributed by atoms with Crippen molar-refractivity contribution in [3.63, 3.8) is 0 Å². The van der Waals surface area contributed by atoms with E-state index in [9.17, 15) is 13.9 Å². The summed E-state index contributed by atoms with van der Waals surface area (Å²) in [7, 11) is 0. The molecule has 0 unspecified atom stereocenters. The molecule has 0 radical (unpaired) electrons. The maximum Gasteiger partial charge on any atom is 0.301 e. The largest absolute Gasteiger partial charge is 0.507 e. The van der Waals surface area contributed by atoms with Crippen LogP contribution >= 0.6 is 0 Å². The third-order valence-corrected chi connectivity index (χ3v) is 2.89. The van der Waals surface area contributed by atoms with Gasteiger partial charge in [0, 0.05) is 23.8 Å². The van der Waals surface area contributed by atoms with Gasteiger partial charge in [-0.2, -0.15) is 8.78 Å². The molecule has 3 nitrogen and oxygen atoms in total. The Kier molecular flexibility index (Phi) is 2.08. The van der Waals surface area contributed by atoms with Gasteiger partial charge in [0.2, 0.25) is 0 Å². The number of aromatic nitrogens is 2. The minimum atomic E-state index is -3.03. The Balaban J connectivity index is 2.44. The molecular weight excluding hydrogens is 238 g/mol. The van der Waals surface area contributed by atoms with E-state index in [1.807, 2.05) is 0 Å². The van der Waals surface area contributed by atoms with Crippen LogP contribution in [0.15, 0.2) is 30.3 Å². The molecule has 5 heteroatoms. The highest BCUT2D eigenvalue weighted by Crippen LogP contribution is 2.34. The van der Waals surface area contributed by atoms with E-state index in [0.29, 0.717) is 21.8 Å². The summed E-state index contributed by atoms with van der Waals surface area (Å²) in [5, 5.41) is 11.1. The molecule has 0 aliphatic rings. The number of rotatable bonds is 1. The Hall–Kier alpha value is -2.17. The predicted octanol–water partition coefficient (Wildman–Crippen LogP) is 3.53. The number of hydrogen-bond acceptors (Lipinski definition) is 2. The number of alkyl halides is 2. The van der Waals surface area contributed by atoms with Crippen LogP contribution in [-0.2, 0) is 5.92 Å². The number of hydrogen-bond donors (Lipinski definition) is 2. The lowest BCUT2D eigenvalue weighted by Gasteiger charge is -2.03. The van der Waals surface area contributed by atoms with E-state index >= 15 is 0 Å². The van der Waals surface area contributed by atoms with Gasteiger partial charge in [-0.05, 0) is 0 Å². The normalized spacial score (nSPS) is 12.4. The van der Waals surface area contributed by atoms with Gasteiger partial charge in [0.05, 0.1) is 11.0 Å². The molecule has 3 rings (SSSR count). The Morgan fingerprint density at radius 1 is 1.22 bits per heavy atom. The Bertz CT molecular complexity index is 744. The van der Waals surface area contributed by atoms with Crippen molar-refractivity contribution < 1.29 is 13.9 Å². The molecule has 0 spiro atoms. The molecule has 0 aliphatic carbocycles. The zero-order valence-electron chi connectivity index (χ0n) is 9.54. The van der Waals surface area contributed by atoms with Crippen molar-refractivity contribution in [2.45, 2.75) is 12.8 Å². The fraction of sp³-hybridized carbons (Fsp3) is 0.154. The van der Waals surface area contributed by atoms with Crippen molar-refractivity contribution in [2.75, 3.05) is 0 Å². The third kappa shape index (κ3) is 1.51. The fourth-order valence-corrected chi connectivity index (χ4v) is 2.03. The molecule has 0 fully saturated rings. The van der Waals surface area contributed by atoms with Crippen LogP contribution in [0.25, 0.3) is 21.8 Å². The van der Waals surface area contributed by atoms with E-state index in [0.717, 1.165) is 6.92 Å². The van der Waals surface area contributed by atoms with Crippen LogP contribution in [0.2, 0.25) is 0 Å². The maximum atomic E-state index is 13.2. The number of aromatic hydroxyl groups is 1. The van der Waals surface area contributed by atoms with Crippen molar-refractivity contribution in [3.05, 3.63) is 36.2 Å². The smallest absolute Gasteiger partial charge is 0.301 e. The lowest BCUT2D eigenvalue weighted by Crippen LogP contribution is -2.08. The number of H-pyrrole nitrogens is 1. The van der Waals surface area contributed by atoms with E-state index in [4.69, 9.17) is 0 Å². The number of nitrogens with one attached hydrogen (secondary N) is 1. The number of phenolic OH excluding ortho intramolecular Hbond substituents is 1. The maximum absolute atomic E-state index is 13.2. The van der Waals surface area contributed by atoms with Gasteiger partial charge in [0.15, 0.2) is 5.82 Å². The first-order valence-electron chi connectivity index (χ1n) is 5.45. The summed E-state index contributed by atoms with van der Waals surface area (Å²) in [4.78, 5) is 6.48. The summed E-state index contributed by atoms with van der Waals surface area (Å²) in [6, 6.07) is 8.44. The first-order chi connectivity index (χ1) is 8.47. The van der Waals surface area contributed by atoms with E-state index in [1.165, 1.54) is 6.07 Å². The van der Waals surface area contributed by atoms with E-state index < -0.39 is 11.7 Å². The second-order valence-electron chi connectivity index (χ2n) is 4.31. The number of nitrogens with zero attached hydrogens (tertiary/aromatic N) is 1. The molecule has 2 N–H and O–H groups in total. The topological polar surface area (TPSA) is 48.9 Å². The molecule has 0 saturated heterocycles. The average Bonchev–Trinajstić information content (AvgIpc) is 2.73. The molecule has 18 heavy (non-hydrogen) atoms. The van der Waals surface area contributed by atoms with Crippen molar-refractivity contribution in [1.29, 1.82) is 0 Å². The van der Waals surface area contributed by atoms with Gasteiger partial charge in [0.25, 0.3) is 0 Å². The summed E-state index contributed by atoms with van der Waals surface area (Å²) in [6.07, 6.45) is 0. The van der Waals surface area contributed by atoms with E-state index in [-0.39, 0.29) is 5.75 Å². The van der Waals surface area contributed by atoms with Crippen molar-refractivity contribution in [3.8, 4) is 5.75 Å². The van der Waals surface area contributed by atoms with Gasteiger partial charge in [0.1, 0.15) is 5.75 Å². The molecule has 0 aliphatic heterocycles. The van der Waals surface area contributed by atoms with Crippen LogP contribution in [0, 0.1) is 0 Å². The molecule has 0 bridgehead atoms. The molecule has 1 aromatic heterocycles. The molecule has 3 aromatic rings. The lowest BCUT2D eigenvalue weighted by molar-refractivity contribution is 0.00891. The number of fused-ring (bicyclic) bond motifs is 3. The van der Waals surface area contributed by atoms with Crippen LogP contribution < -0.4 is 0 Å². The number of imidazole rings is 1. The average molecular weight is 248 g/mol. The minimum Gasteiger partial charge on any atom is -0.507 e. The number of aromatic amines is 1. The molecule has 92 valence electrons. The van der Waals surface area contributed by atoms with Crippen LogP contribution in [0.5, 0.6) is 5.75 Å². The summed E-state index contributed by atoms with van der Waals surface area (Å²) in [6.45, 7) is 0.784. The van der Waals surface area contributed by atoms with E-state index in [2.05, 4.69) is 9.97 Å². The van der Waals surface area contributed by atoms with Gasteiger partial charge in [-0.1, -0.05) is 24.3 Å². The zero-order valence-corrected chi connectivity index (χ0v) is 9.54. The van der Waals surface area contributed by atoms with Crippen molar-refractivity contribution in [1.82, 2.24) is 9.97 Å². The van der Waals surface area contributed by atoms with Crippen LogP contribution in [0.3, 0.4) is 0 Å². The summed E-state index contributed by atoms with van der Waals surface area (Å²) in [5.74, 6) is -3.38. The molecule has 1 heterocycles. The fourth-order valence-electron chi connectivity index (χ4n) is 2.03. The monoisotopic (exact) mass is 248 g/mol. The zero-order chi connectivity index (χ0) is 12.9. The summed E-state index contributed by atoms with van der Waals surface area (Å²) < 4.78 is 26.5. The molecule has 0 saturated carbocycles. The van der Waals surface area contributed by atoms with Crippen LogP contribution in [-0.4, -0.2) is 15.1 Å². The SMILES string of the molecule is CC(F)(F)c1nc2c(cc(O)c3ccccc32)[nH]1. The second kappa shape index (κ2) is 3.41. The highest BCUT2D eigenvalue weighted by atomic mass is 19.3. The Labute approximate surface area is 101 Å². The van der Waals surface area contributed by atoms with Crippen molar-refractivity contribution >= 4 is 21.8 Å². The second-order valence-corrected chi connectivity index (χ2v) is 4.31. The minimum absolute atomic E-state index is 0.0488. The summed E-state index contributed by atoms with van der Waals surface area (Å²) >= 11 is 0. The number of halogens is 2. The number of benzene rings is 2. The molecule has 0 amide bonds. The van der Waals surface area contributed by atoms with Gasteiger partial charge in [-0.25, -0.2) is 4.98 Å². The first kappa shape index (κ1) is 11.0. The van der Waals surface area contributed by atoms with Gasteiger partial charge < -0.3 is 10.1 Å². The standard InChI is InChI=1S/C13H10F2N2O/c1-13(14,15)12-16-9-6-10(18)7-4-2-3-5-8(7)11(9)17-12/h2-6,18H,1H3,(H,16,17). The highest BCUT2D eigenvalue weighted by molar-refractivity contribution is 6.07. The lowest BCUT2D eigenvalue weighted by atomic mass is 10.1. The predicted molar refractivity (Wildman–Crippen MR) is 64.8 cm³/mol. The van der Waals surface area contributed by atoms with Gasteiger partial charge >= 0.3 is 5.92 Å². The third-order valence-electron chi connectivity index (χ3n) is 2.89. The van der Waals surface area contributed by atoms with Gasteiger partial charge in [-0.15, -0.1) is 0 Å². The first-order valence-corrected chi connectivity index (χ1v) is 5.45. The Morgan fingerprint density at radius 3 is 2.56 bits per heavy atom. The number of phenols is 1. The van der Waals surface area contributed by atoms with Crippen LogP contribution in [0.1, 0.15) is 12.7 Å². The summed E-state index contributed by atoms with van der Waals surface area (Å²) in [5.41, 5.74) is 0.850. The molecule has 0 atom stereocenters. The molecule has 2 aromatic carbocycles. The van der Waals surface area contributed by atoms with Crippen molar-refractivity contribution in [2.24, 2.45) is 0 Å². The molecular formula is C13H10F2N2O. The van der Waals surface area contributed by atoms with E-state index in [1.54, 1.807) is 24.3 Å². The quantitative estimate of drug-likeness (QED) is 0.692. The highest BCUT2D eigenvalue weighted by Gasteiger charge is 2.29. The van der Waals surface area contributed by atoms with Crippen LogP contribution in [0.4, 0.5) is 8.78 Å².